The number of hydrogen-bond acceptors (Lipinski definition) is 2. The molecule has 0 aromatic carbocycles. The predicted octanol–water partition coefficient (Wildman–Crippen LogP) is 1.65. The van der Waals surface area contributed by atoms with Crippen LogP contribution in [0.3, 0.4) is 0 Å². The fraction of sp³-hybridized carbons (Fsp3) is 0.111. The van der Waals surface area contributed by atoms with Crippen molar-refractivity contribution in [2.24, 2.45) is 0 Å². The second-order valence-electron chi connectivity index (χ2n) is 2.58. The zero-order chi connectivity index (χ0) is 10.1. The van der Waals surface area contributed by atoms with Crippen molar-refractivity contribution >= 4 is 5.65 Å². The summed E-state index contributed by atoms with van der Waals surface area (Å²) in [5.74, 6) is 2.16. The van der Waals surface area contributed by atoms with Crippen molar-refractivity contribution in [3.05, 3.63) is 29.7 Å². The molecule has 3 nitrogen and oxygen atoms in total. The molecule has 0 aliphatic rings. The fourth-order valence-corrected chi connectivity index (χ4v) is 1.19. The van der Waals surface area contributed by atoms with E-state index in [0.29, 0.717) is 5.65 Å². The molecule has 0 atom stereocenters. The topological polar surface area (TPSA) is 30.2 Å². The molecule has 2 aromatic rings. The molecule has 0 aliphatic heterocycles. The molecule has 0 fully saturated rings. The van der Waals surface area contributed by atoms with E-state index in [4.69, 9.17) is 6.42 Å². The Morgan fingerprint density at radius 2 is 2.29 bits per heavy atom. The van der Waals surface area contributed by atoms with Crippen molar-refractivity contribution in [2.75, 3.05) is 0 Å². The van der Waals surface area contributed by atoms with Gasteiger partial charge in [0.2, 0.25) is 0 Å². The van der Waals surface area contributed by atoms with Gasteiger partial charge in [0, 0.05) is 6.20 Å². The van der Waals surface area contributed by atoms with E-state index in [2.05, 4.69) is 16.0 Å². The van der Waals surface area contributed by atoms with Crippen molar-refractivity contribution in [1.29, 1.82) is 0 Å². The van der Waals surface area contributed by atoms with Gasteiger partial charge in [-0.25, -0.2) is 18.3 Å². The van der Waals surface area contributed by atoms with E-state index in [1.54, 1.807) is 12.1 Å². The van der Waals surface area contributed by atoms with Crippen LogP contribution in [-0.2, 0) is 0 Å². The van der Waals surface area contributed by atoms with Crippen LogP contribution in [-0.4, -0.2) is 14.6 Å². The third-order valence-corrected chi connectivity index (χ3v) is 1.76. The molecule has 0 spiro atoms. The monoisotopic (exact) mass is 193 g/mol. The van der Waals surface area contributed by atoms with Crippen molar-refractivity contribution in [3.8, 4) is 12.3 Å². The van der Waals surface area contributed by atoms with Gasteiger partial charge < -0.3 is 0 Å². The number of nitrogens with zero attached hydrogens (tertiary/aromatic N) is 3. The van der Waals surface area contributed by atoms with E-state index < -0.39 is 12.1 Å². The number of aromatic nitrogens is 3. The van der Waals surface area contributed by atoms with Crippen LogP contribution in [0, 0.1) is 12.3 Å². The number of imidazole rings is 1. The molecule has 2 rings (SSSR count). The zero-order valence-corrected chi connectivity index (χ0v) is 6.98. The lowest BCUT2D eigenvalue weighted by Gasteiger charge is -1.93. The summed E-state index contributed by atoms with van der Waals surface area (Å²) in [5, 5.41) is 3.83. The van der Waals surface area contributed by atoms with Gasteiger partial charge in [-0.1, -0.05) is 0 Å². The lowest BCUT2D eigenvalue weighted by molar-refractivity contribution is 0.146. The normalized spacial score (nSPS) is 10.7. The molecule has 0 unspecified atom stereocenters. The average molecular weight is 193 g/mol. The molecular formula is C9H5F2N3. The summed E-state index contributed by atoms with van der Waals surface area (Å²) in [6, 6.07) is 3.18. The maximum absolute atomic E-state index is 12.5. The lowest BCUT2D eigenvalue weighted by Crippen LogP contribution is -1.94. The third kappa shape index (κ3) is 1.12. The highest BCUT2D eigenvalue weighted by molar-refractivity contribution is 5.46. The maximum Gasteiger partial charge on any atom is 0.283 e. The van der Waals surface area contributed by atoms with Gasteiger partial charge in [0.15, 0.2) is 5.65 Å². The van der Waals surface area contributed by atoms with E-state index in [0.717, 1.165) is 0 Å². The van der Waals surface area contributed by atoms with Crippen LogP contribution >= 0.6 is 0 Å². The van der Waals surface area contributed by atoms with E-state index in [1.807, 2.05) is 0 Å². The SMILES string of the molecule is C#Cc1c(C(F)F)nc2cccnn12. The van der Waals surface area contributed by atoms with Crippen molar-refractivity contribution in [2.45, 2.75) is 6.43 Å². The Morgan fingerprint density at radius 1 is 1.50 bits per heavy atom. The van der Waals surface area contributed by atoms with Gasteiger partial charge in [-0.05, 0) is 18.1 Å². The van der Waals surface area contributed by atoms with Crippen LogP contribution in [0.5, 0.6) is 0 Å². The van der Waals surface area contributed by atoms with Crippen LogP contribution in [0.15, 0.2) is 18.3 Å². The Kier molecular flexibility index (Phi) is 1.89. The van der Waals surface area contributed by atoms with Crippen LogP contribution in [0.2, 0.25) is 0 Å². The summed E-state index contributed by atoms with van der Waals surface area (Å²) in [7, 11) is 0. The standard InChI is InChI=1S/C9H5F2N3/c1-2-6-8(9(10)11)13-7-4-3-5-12-14(6)7/h1,3-5,9H. The number of fused-ring (bicyclic) bond motifs is 1. The first-order valence-corrected chi connectivity index (χ1v) is 3.82. The Labute approximate surface area is 78.4 Å². The van der Waals surface area contributed by atoms with E-state index in [-0.39, 0.29) is 5.69 Å². The molecule has 0 N–H and O–H groups in total. The van der Waals surface area contributed by atoms with Crippen LogP contribution in [0.25, 0.3) is 5.65 Å². The maximum atomic E-state index is 12.5. The highest BCUT2D eigenvalue weighted by atomic mass is 19.3. The summed E-state index contributed by atoms with van der Waals surface area (Å²) in [6.45, 7) is 0. The summed E-state index contributed by atoms with van der Waals surface area (Å²) in [4.78, 5) is 3.69. The zero-order valence-electron chi connectivity index (χ0n) is 6.98. The molecule has 70 valence electrons. The third-order valence-electron chi connectivity index (χ3n) is 1.76. The average Bonchev–Trinajstić information content (AvgIpc) is 2.56. The highest BCUT2D eigenvalue weighted by Gasteiger charge is 2.18. The van der Waals surface area contributed by atoms with E-state index in [9.17, 15) is 8.78 Å². The first-order valence-electron chi connectivity index (χ1n) is 3.82. The predicted molar refractivity (Wildman–Crippen MR) is 45.9 cm³/mol. The number of hydrogen-bond donors (Lipinski definition) is 0. The second-order valence-corrected chi connectivity index (χ2v) is 2.58. The van der Waals surface area contributed by atoms with Gasteiger partial charge in [0.25, 0.3) is 6.43 Å². The molecule has 14 heavy (non-hydrogen) atoms. The van der Waals surface area contributed by atoms with Gasteiger partial charge >= 0.3 is 0 Å². The summed E-state index contributed by atoms with van der Waals surface area (Å²) >= 11 is 0. The number of halogens is 2. The van der Waals surface area contributed by atoms with Crippen molar-refractivity contribution in [1.82, 2.24) is 14.6 Å². The molecule has 0 radical (unpaired) electrons. The van der Waals surface area contributed by atoms with Crippen molar-refractivity contribution in [3.63, 3.8) is 0 Å². The largest absolute Gasteiger partial charge is 0.283 e. The molecule has 0 saturated heterocycles. The lowest BCUT2D eigenvalue weighted by atomic mass is 10.3. The Balaban J connectivity index is 2.81. The molecule has 2 heterocycles. The van der Waals surface area contributed by atoms with Crippen LogP contribution < -0.4 is 0 Å². The van der Waals surface area contributed by atoms with Crippen LogP contribution in [0.4, 0.5) is 8.78 Å². The quantitative estimate of drug-likeness (QED) is 0.644. The van der Waals surface area contributed by atoms with Gasteiger partial charge in [-0.15, -0.1) is 6.42 Å². The number of rotatable bonds is 1. The first kappa shape index (κ1) is 8.63. The summed E-state index contributed by atoms with van der Waals surface area (Å²) in [5.41, 5.74) is -0.0578. The van der Waals surface area contributed by atoms with E-state index >= 15 is 0 Å². The van der Waals surface area contributed by atoms with Gasteiger partial charge in [-0.2, -0.15) is 5.10 Å². The van der Waals surface area contributed by atoms with Gasteiger partial charge in [-0.3, -0.25) is 0 Å². The Hall–Kier alpha value is -1.96. The van der Waals surface area contributed by atoms with Gasteiger partial charge in [0.1, 0.15) is 11.4 Å². The number of terminal acetylenes is 1. The van der Waals surface area contributed by atoms with Crippen LogP contribution in [0.1, 0.15) is 17.8 Å². The number of alkyl halides is 2. The molecule has 5 heteroatoms. The fourth-order valence-electron chi connectivity index (χ4n) is 1.19. The minimum absolute atomic E-state index is 0.00981. The second kappa shape index (κ2) is 3.07. The molecule has 0 amide bonds. The minimum atomic E-state index is -2.68. The smallest absolute Gasteiger partial charge is 0.225 e. The molecule has 0 bridgehead atoms. The first-order chi connectivity index (χ1) is 6.74. The Morgan fingerprint density at radius 3 is 2.93 bits per heavy atom. The molecule has 2 aromatic heterocycles. The van der Waals surface area contributed by atoms with E-state index in [1.165, 1.54) is 10.7 Å². The minimum Gasteiger partial charge on any atom is -0.225 e. The highest BCUT2D eigenvalue weighted by Crippen LogP contribution is 2.21. The van der Waals surface area contributed by atoms with Gasteiger partial charge in [0.05, 0.1) is 0 Å². The van der Waals surface area contributed by atoms with Crippen molar-refractivity contribution < 1.29 is 8.78 Å². The Bertz CT molecular complexity index is 510. The molecule has 0 saturated carbocycles. The molecule has 0 aliphatic carbocycles. The molecular weight excluding hydrogens is 188 g/mol. The summed E-state index contributed by atoms with van der Waals surface area (Å²) in [6.07, 6.45) is 3.90. The summed E-state index contributed by atoms with van der Waals surface area (Å²) < 4.78 is 26.1.